The van der Waals surface area contributed by atoms with Crippen molar-refractivity contribution in [1.29, 1.82) is 0 Å². The van der Waals surface area contributed by atoms with Crippen LogP contribution in [0.2, 0.25) is 0 Å². The molecule has 0 saturated carbocycles. The fraction of sp³-hybridized carbons (Fsp3) is 0.300. The van der Waals surface area contributed by atoms with E-state index in [2.05, 4.69) is 4.74 Å². The Morgan fingerprint density at radius 3 is 2.50 bits per heavy atom. The van der Waals surface area contributed by atoms with Crippen molar-refractivity contribution in [2.45, 2.75) is 12.4 Å². The van der Waals surface area contributed by atoms with Crippen LogP contribution in [0.25, 0.3) is 0 Å². The van der Waals surface area contributed by atoms with Crippen molar-refractivity contribution in [2.24, 2.45) is 0 Å². The minimum absolute atomic E-state index is 0.133. The third kappa shape index (κ3) is 2.93. The van der Waals surface area contributed by atoms with Crippen molar-refractivity contribution in [3.05, 3.63) is 29.8 Å². The molecule has 0 fully saturated rings. The molecule has 1 rings (SSSR count). The van der Waals surface area contributed by atoms with Crippen molar-refractivity contribution in [3.8, 4) is 5.75 Å². The van der Waals surface area contributed by atoms with E-state index in [-0.39, 0.29) is 11.3 Å². The van der Waals surface area contributed by atoms with E-state index >= 15 is 0 Å². The third-order valence-electron chi connectivity index (χ3n) is 1.87. The minimum atomic E-state index is -1.84. The summed E-state index contributed by atoms with van der Waals surface area (Å²) >= 11 is 0. The van der Waals surface area contributed by atoms with Crippen molar-refractivity contribution < 1.29 is 30.0 Å². The van der Waals surface area contributed by atoms with Crippen LogP contribution in [0.4, 0.5) is 0 Å². The molecule has 0 saturated heterocycles. The number of benzene rings is 1. The highest BCUT2D eigenvalue weighted by atomic mass is 16.6. The predicted molar refractivity (Wildman–Crippen MR) is 52.6 cm³/mol. The number of carbonyl (C=O) groups excluding carboxylic acids is 1. The summed E-state index contributed by atoms with van der Waals surface area (Å²) in [5.41, 5.74) is -0.133. The van der Waals surface area contributed by atoms with Crippen molar-refractivity contribution in [3.63, 3.8) is 0 Å². The fourth-order valence-electron chi connectivity index (χ4n) is 0.988. The van der Waals surface area contributed by atoms with Crippen LogP contribution in [0.5, 0.6) is 5.75 Å². The number of carbonyl (C=O) groups is 1. The first-order valence-electron chi connectivity index (χ1n) is 4.52. The van der Waals surface area contributed by atoms with E-state index in [1.165, 1.54) is 24.3 Å². The van der Waals surface area contributed by atoms with Crippen LogP contribution in [-0.2, 0) is 4.74 Å². The van der Waals surface area contributed by atoms with E-state index in [1.807, 2.05) is 0 Å². The number of aromatic hydroxyl groups is 1. The molecule has 0 aliphatic carbocycles. The summed E-state index contributed by atoms with van der Waals surface area (Å²) < 4.78 is 4.42. The summed E-state index contributed by atoms with van der Waals surface area (Å²) in [7, 11) is 0. The Balaban J connectivity index is 2.70. The lowest BCUT2D eigenvalue weighted by molar-refractivity contribution is -0.140. The van der Waals surface area contributed by atoms with Crippen molar-refractivity contribution >= 4 is 5.97 Å². The van der Waals surface area contributed by atoms with Gasteiger partial charge in [-0.25, -0.2) is 4.79 Å². The lowest BCUT2D eigenvalue weighted by Crippen LogP contribution is -2.33. The van der Waals surface area contributed by atoms with E-state index in [4.69, 9.17) is 15.3 Å². The van der Waals surface area contributed by atoms with Crippen LogP contribution in [-0.4, -0.2) is 45.4 Å². The van der Waals surface area contributed by atoms with Gasteiger partial charge >= 0.3 is 5.97 Å². The first kappa shape index (κ1) is 12.4. The van der Waals surface area contributed by atoms with Crippen LogP contribution >= 0.6 is 0 Å². The third-order valence-corrected chi connectivity index (χ3v) is 1.87. The monoisotopic (exact) mass is 228 g/mol. The van der Waals surface area contributed by atoms with E-state index in [0.29, 0.717) is 0 Å². The highest BCUT2D eigenvalue weighted by Gasteiger charge is 2.21. The number of esters is 1. The number of hydrogen-bond acceptors (Lipinski definition) is 6. The van der Waals surface area contributed by atoms with Gasteiger partial charge in [-0.3, -0.25) is 0 Å². The lowest BCUT2D eigenvalue weighted by Gasteiger charge is -2.16. The summed E-state index contributed by atoms with van der Waals surface area (Å²) in [6.07, 6.45) is -3.41. The second-order valence-corrected chi connectivity index (χ2v) is 3.06. The maximum atomic E-state index is 11.4. The second kappa shape index (κ2) is 5.45. The molecule has 4 N–H and O–H groups in total. The van der Waals surface area contributed by atoms with Crippen molar-refractivity contribution in [1.82, 2.24) is 0 Å². The molecule has 0 heterocycles. The molecule has 0 aliphatic rings. The Morgan fingerprint density at radius 1 is 1.31 bits per heavy atom. The van der Waals surface area contributed by atoms with Gasteiger partial charge in [0, 0.05) is 0 Å². The summed E-state index contributed by atoms with van der Waals surface area (Å²) in [4.78, 5) is 11.4. The van der Waals surface area contributed by atoms with Crippen LogP contribution < -0.4 is 0 Å². The molecule has 0 spiro atoms. The molecule has 0 aliphatic heterocycles. The average molecular weight is 228 g/mol. The Kier molecular flexibility index (Phi) is 4.24. The summed E-state index contributed by atoms with van der Waals surface area (Å²) in [5, 5.41) is 35.8. The molecule has 2 atom stereocenters. The van der Waals surface area contributed by atoms with Gasteiger partial charge in [-0.05, 0) is 12.1 Å². The molecule has 16 heavy (non-hydrogen) atoms. The Morgan fingerprint density at radius 2 is 1.94 bits per heavy atom. The number of aliphatic hydroxyl groups excluding tert-OH is 3. The molecule has 6 heteroatoms. The number of hydrogen-bond donors (Lipinski definition) is 4. The Bertz CT molecular complexity index is 364. The molecule has 0 aromatic heterocycles. The van der Waals surface area contributed by atoms with E-state index < -0.39 is 25.0 Å². The SMILES string of the molecule is O=C(OC(O)C(O)CO)c1ccccc1O. The molecule has 6 nitrogen and oxygen atoms in total. The molecular weight excluding hydrogens is 216 g/mol. The summed E-state index contributed by atoms with van der Waals surface area (Å²) in [6.45, 7) is -0.741. The van der Waals surface area contributed by atoms with Gasteiger partial charge in [0.2, 0.25) is 6.29 Å². The lowest BCUT2D eigenvalue weighted by atomic mass is 10.2. The van der Waals surface area contributed by atoms with Crippen LogP contribution in [0.15, 0.2) is 24.3 Å². The molecule has 0 amide bonds. The van der Waals surface area contributed by atoms with Gasteiger partial charge in [-0.2, -0.15) is 0 Å². The zero-order valence-corrected chi connectivity index (χ0v) is 8.28. The predicted octanol–water partition coefficient (Wildman–Crippen LogP) is -0.779. The van der Waals surface area contributed by atoms with Gasteiger partial charge in [0.1, 0.15) is 17.4 Å². The number of aliphatic hydroxyl groups is 3. The second-order valence-electron chi connectivity index (χ2n) is 3.06. The van der Waals surface area contributed by atoms with Gasteiger partial charge in [0.15, 0.2) is 0 Å². The van der Waals surface area contributed by atoms with E-state index in [9.17, 15) is 9.90 Å². The van der Waals surface area contributed by atoms with Crippen molar-refractivity contribution in [2.75, 3.05) is 6.61 Å². The number of phenolic OH excluding ortho intramolecular Hbond substituents is 1. The standard InChI is InChI=1S/C10H12O6/c11-5-8(13)10(15)16-9(14)6-3-1-2-4-7(6)12/h1-4,8,10-13,15H,5H2. The van der Waals surface area contributed by atoms with Gasteiger partial charge < -0.3 is 25.2 Å². The minimum Gasteiger partial charge on any atom is -0.507 e. The largest absolute Gasteiger partial charge is 0.507 e. The van der Waals surface area contributed by atoms with E-state index in [1.54, 1.807) is 0 Å². The first-order chi connectivity index (χ1) is 7.56. The van der Waals surface area contributed by atoms with Crippen LogP contribution in [0.1, 0.15) is 10.4 Å². The molecule has 88 valence electrons. The molecular formula is C10H12O6. The number of rotatable bonds is 4. The molecule has 1 aromatic rings. The fourth-order valence-corrected chi connectivity index (χ4v) is 0.988. The van der Waals surface area contributed by atoms with Gasteiger partial charge in [-0.1, -0.05) is 12.1 Å². The maximum absolute atomic E-state index is 11.4. The topological polar surface area (TPSA) is 107 Å². The van der Waals surface area contributed by atoms with E-state index in [0.717, 1.165) is 0 Å². The first-order valence-corrected chi connectivity index (χ1v) is 4.52. The number of para-hydroxylation sites is 1. The average Bonchev–Trinajstić information content (AvgIpc) is 2.28. The zero-order chi connectivity index (χ0) is 12.1. The molecule has 0 radical (unpaired) electrons. The van der Waals surface area contributed by atoms with Crippen LogP contribution in [0, 0.1) is 0 Å². The number of phenols is 1. The van der Waals surface area contributed by atoms with Gasteiger partial charge in [0.05, 0.1) is 6.61 Å². The molecule has 0 bridgehead atoms. The summed E-state index contributed by atoms with van der Waals surface area (Å²) in [6, 6.07) is 5.61. The highest BCUT2D eigenvalue weighted by Crippen LogP contribution is 2.17. The Hall–Kier alpha value is -1.63. The normalized spacial score (nSPS) is 14.2. The number of ether oxygens (including phenoxy) is 1. The molecule has 2 unspecified atom stereocenters. The maximum Gasteiger partial charge on any atom is 0.344 e. The van der Waals surface area contributed by atoms with Crippen LogP contribution in [0.3, 0.4) is 0 Å². The Labute approximate surface area is 91.3 Å². The zero-order valence-electron chi connectivity index (χ0n) is 8.28. The van der Waals surface area contributed by atoms with Gasteiger partial charge in [0.25, 0.3) is 0 Å². The smallest absolute Gasteiger partial charge is 0.344 e. The van der Waals surface area contributed by atoms with Gasteiger partial charge in [-0.15, -0.1) is 0 Å². The molecule has 1 aromatic carbocycles. The highest BCUT2D eigenvalue weighted by molar-refractivity contribution is 5.92. The quantitative estimate of drug-likeness (QED) is 0.398. The summed E-state index contributed by atoms with van der Waals surface area (Å²) in [5.74, 6) is -1.28.